The van der Waals surface area contributed by atoms with Gasteiger partial charge < -0.3 is 15.0 Å². The summed E-state index contributed by atoms with van der Waals surface area (Å²) < 4.78 is 5.55. The summed E-state index contributed by atoms with van der Waals surface area (Å²) in [6.07, 6.45) is 6.27. The second kappa shape index (κ2) is 12.0. The summed E-state index contributed by atoms with van der Waals surface area (Å²) in [7, 11) is 6.21. The maximum Gasteiger partial charge on any atom is 0.0478 e. The van der Waals surface area contributed by atoms with Crippen molar-refractivity contribution in [2.75, 3.05) is 47.4 Å². The fourth-order valence-electron chi connectivity index (χ4n) is 1.44. The van der Waals surface area contributed by atoms with Crippen molar-refractivity contribution in [2.45, 2.75) is 32.1 Å². The third kappa shape index (κ3) is 13.9. The van der Waals surface area contributed by atoms with E-state index in [0.717, 1.165) is 32.7 Å². The molecule has 3 nitrogen and oxygen atoms in total. The van der Waals surface area contributed by atoms with E-state index >= 15 is 0 Å². The molecule has 0 aliphatic carbocycles. The summed E-state index contributed by atoms with van der Waals surface area (Å²) in [5, 5.41) is 3.16. The van der Waals surface area contributed by atoms with Crippen molar-refractivity contribution in [2.24, 2.45) is 0 Å². The molecule has 0 atom stereocenters. The Morgan fingerprint density at radius 2 is 1.60 bits per heavy atom. The van der Waals surface area contributed by atoms with Crippen LogP contribution in [-0.2, 0) is 4.74 Å². The first-order valence-corrected chi connectivity index (χ1v) is 6.14. The zero-order valence-corrected chi connectivity index (χ0v) is 10.7. The number of unbranched alkanes of at least 4 members (excludes halogenated alkanes) is 3. The van der Waals surface area contributed by atoms with Crippen molar-refractivity contribution < 1.29 is 4.74 Å². The van der Waals surface area contributed by atoms with Gasteiger partial charge in [-0.1, -0.05) is 12.8 Å². The number of nitrogens with zero attached hydrogens (tertiary/aromatic N) is 1. The Morgan fingerprint density at radius 1 is 0.933 bits per heavy atom. The molecule has 0 aromatic heterocycles. The van der Waals surface area contributed by atoms with Crippen LogP contribution in [0.1, 0.15) is 32.1 Å². The number of ether oxygens (including phenoxy) is 1. The van der Waals surface area contributed by atoms with Crippen molar-refractivity contribution in [1.29, 1.82) is 0 Å². The zero-order chi connectivity index (χ0) is 11.4. The quantitative estimate of drug-likeness (QED) is 0.532. The normalized spacial score (nSPS) is 11.2. The Kier molecular flexibility index (Phi) is 11.9. The molecular formula is C12H28N2O. The van der Waals surface area contributed by atoms with Crippen LogP contribution in [0.5, 0.6) is 0 Å². The lowest BCUT2D eigenvalue weighted by atomic mass is 10.2. The summed E-state index contributed by atoms with van der Waals surface area (Å²) in [4.78, 5) is 2.20. The van der Waals surface area contributed by atoms with Crippen molar-refractivity contribution >= 4 is 0 Å². The minimum Gasteiger partial charge on any atom is -0.381 e. The van der Waals surface area contributed by atoms with E-state index < -0.39 is 0 Å². The van der Waals surface area contributed by atoms with Crippen LogP contribution in [0.4, 0.5) is 0 Å². The molecule has 0 amide bonds. The first-order chi connectivity index (χ1) is 7.27. The molecule has 92 valence electrons. The first kappa shape index (κ1) is 14.9. The largest absolute Gasteiger partial charge is 0.381 e. The second-order valence-electron chi connectivity index (χ2n) is 4.29. The van der Waals surface area contributed by atoms with Crippen LogP contribution in [0.3, 0.4) is 0 Å². The molecule has 0 aromatic rings. The smallest absolute Gasteiger partial charge is 0.0478 e. The topological polar surface area (TPSA) is 24.5 Å². The summed E-state index contributed by atoms with van der Waals surface area (Å²) in [6.45, 7) is 4.12. The lowest BCUT2D eigenvalue weighted by Crippen LogP contribution is -2.15. The van der Waals surface area contributed by atoms with Gasteiger partial charge in [-0.25, -0.2) is 0 Å². The van der Waals surface area contributed by atoms with E-state index in [0.29, 0.717) is 0 Å². The molecule has 0 aromatic carbocycles. The van der Waals surface area contributed by atoms with Crippen molar-refractivity contribution in [3.8, 4) is 0 Å². The Labute approximate surface area is 95.2 Å². The first-order valence-electron chi connectivity index (χ1n) is 6.14. The monoisotopic (exact) mass is 216 g/mol. The van der Waals surface area contributed by atoms with Gasteiger partial charge in [-0.2, -0.15) is 0 Å². The van der Waals surface area contributed by atoms with Crippen molar-refractivity contribution in [1.82, 2.24) is 10.2 Å². The van der Waals surface area contributed by atoms with Crippen LogP contribution in [0.2, 0.25) is 0 Å². The molecule has 15 heavy (non-hydrogen) atoms. The Bertz CT molecular complexity index is 118. The van der Waals surface area contributed by atoms with Gasteiger partial charge in [0, 0.05) is 13.2 Å². The average Bonchev–Trinajstić information content (AvgIpc) is 2.20. The molecule has 1 N–H and O–H groups in total. The molecule has 3 heteroatoms. The minimum atomic E-state index is 0.911. The molecule has 0 radical (unpaired) electrons. The molecule has 0 saturated heterocycles. The summed E-state index contributed by atoms with van der Waals surface area (Å²) in [5.74, 6) is 0. The molecular weight excluding hydrogens is 188 g/mol. The SMILES string of the molecule is CNCCCCCCOCCCN(C)C. The van der Waals surface area contributed by atoms with E-state index in [1.807, 2.05) is 7.05 Å². The van der Waals surface area contributed by atoms with Gasteiger partial charge >= 0.3 is 0 Å². The molecule has 0 rings (SSSR count). The highest BCUT2D eigenvalue weighted by Crippen LogP contribution is 1.99. The molecule has 0 saturated carbocycles. The predicted octanol–water partition coefficient (Wildman–Crippen LogP) is 1.73. The highest BCUT2D eigenvalue weighted by molar-refractivity contribution is 4.46. The van der Waals surface area contributed by atoms with Crippen LogP contribution >= 0.6 is 0 Å². The maximum atomic E-state index is 5.55. The Balaban J connectivity index is 2.87. The van der Waals surface area contributed by atoms with Gasteiger partial charge in [0.25, 0.3) is 0 Å². The van der Waals surface area contributed by atoms with E-state index in [1.165, 1.54) is 25.7 Å². The summed E-state index contributed by atoms with van der Waals surface area (Å²) in [6, 6.07) is 0. The van der Waals surface area contributed by atoms with Crippen LogP contribution in [0, 0.1) is 0 Å². The van der Waals surface area contributed by atoms with Gasteiger partial charge in [0.2, 0.25) is 0 Å². The van der Waals surface area contributed by atoms with Gasteiger partial charge in [0.15, 0.2) is 0 Å². The van der Waals surface area contributed by atoms with Gasteiger partial charge in [0.1, 0.15) is 0 Å². The molecule has 0 aliphatic heterocycles. The second-order valence-corrected chi connectivity index (χ2v) is 4.29. The zero-order valence-electron chi connectivity index (χ0n) is 10.7. The highest BCUT2D eigenvalue weighted by atomic mass is 16.5. The van der Waals surface area contributed by atoms with E-state index in [2.05, 4.69) is 24.3 Å². The molecule has 0 bridgehead atoms. The van der Waals surface area contributed by atoms with E-state index in [1.54, 1.807) is 0 Å². The van der Waals surface area contributed by atoms with Gasteiger partial charge in [-0.3, -0.25) is 0 Å². The summed E-state index contributed by atoms with van der Waals surface area (Å²) in [5.41, 5.74) is 0. The van der Waals surface area contributed by atoms with Gasteiger partial charge in [0.05, 0.1) is 0 Å². The van der Waals surface area contributed by atoms with Crippen LogP contribution in [0.25, 0.3) is 0 Å². The fourth-order valence-corrected chi connectivity index (χ4v) is 1.44. The summed E-state index contributed by atoms with van der Waals surface area (Å²) >= 11 is 0. The average molecular weight is 216 g/mol. The van der Waals surface area contributed by atoms with E-state index in [9.17, 15) is 0 Å². The lowest BCUT2D eigenvalue weighted by Gasteiger charge is -2.09. The number of rotatable bonds is 11. The van der Waals surface area contributed by atoms with Crippen molar-refractivity contribution in [3.05, 3.63) is 0 Å². The number of hydrogen-bond acceptors (Lipinski definition) is 3. The third-order valence-corrected chi connectivity index (χ3v) is 2.36. The van der Waals surface area contributed by atoms with E-state index in [4.69, 9.17) is 4.74 Å². The molecule has 0 fully saturated rings. The van der Waals surface area contributed by atoms with Crippen LogP contribution in [-0.4, -0.2) is 52.3 Å². The number of nitrogens with one attached hydrogen (secondary N) is 1. The maximum absolute atomic E-state index is 5.55. The predicted molar refractivity (Wildman–Crippen MR) is 66.4 cm³/mol. The van der Waals surface area contributed by atoms with Crippen LogP contribution < -0.4 is 5.32 Å². The molecule has 0 spiro atoms. The Morgan fingerprint density at radius 3 is 2.27 bits per heavy atom. The molecule has 0 heterocycles. The van der Waals surface area contributed by atoms with Crippen molar-refractivity contribution in [3.63, 3.8) is 0 Å². The highest BCUT2D eigenvalue weighted by Gasteiger charge is 1.92. The van der Waals surface area contributed by atoms with Gasteiger partial charge in [-0.05, 0) is 53.5 Å². The third-order valence-electron chi connectivity index (χ3n) is 2.36. The molecule has 0 unspecified atom stereocenters. The molecule has 0 aliphatic rings. The van der Waals surface area contributed by atoms with E-state index in [-0.39, 0.29) is 0 Å². The van der Waals surface area contributed by atoms with Gasteiger partial charge in [-0.15, -0.1) is 0 Å². The Hall–Kier alpha value is -0.120. The minimum absolute atomic E-state index is 0.911. The number of hydrogen-bond donors (Lipinski definition) is 1. The fraction of sp³-hybridized carbons (Fsp3) is 1.00. The van der Waals surface area contributed by atoms with Crippen LogP contribution in [0.15, 0.2) is 0 Å². The lowest BCUT2D eigenvalue weighted by molar-refractivity contribution is 0.122. The standard InChI is InChI=1S/C12H28N2O/c1-13-9-6-4-5-7-11-15-12-8-10-14(2)3/h13H,4-12H2,1-3H3.